The molecule has 0 atom stereocenters. The predicted octanol–water partition coefficient (Wildman–Crippen LogP) is 1.56. The Morgan fingerprint density at radius 3 is 2.70 bits per heavy atom. The van der Waals surface area contributed by atoms with Gasteiger partial charge >= 0.3 is 0 Å². The number of nitrogens with zero attached hydrogens (tertiary/aromatic N) is 3. The van der Waals surface area contributed by atoms with E-state index in [9.17, 15) is 4.79 Å². The minimum atomic E-state index is 0.0848. The summed E-state index contributed by atoms with van der Waals surface area (Å²) in [6.07, 6.45) is 2.30. The first kappa shape index (κ1) is 14.9. The molecule has 0 radical (unpaired) electrons. The molecule has 0 unspecified atom stereocenters. The third-order valence-corrected chi connectivity index (χ3v) is 3.94. The predicted molar refractivity (Wildman–Crippen MR) is 78.7 cm³/mol. The molecule has 0 spiro atoms. The Balaban J connectivity index is 2.09. The largest absolute Gasteiger partial charge is 0.339 e. The summed E-state index contributed by atoms with van der Waals surface area (Å²) in [6.45, 7) is 9.46. The van der Waals surface area contributed by atoms with Crippen molar-refractivity contribution < 1.29 is 4.79 Å². The molecule has 5 nitrogen and oxygen atoms in total. The Hall–Kier alpha value is -1.49. The van der Waals surface area contributed by atoms with Crippen molar-refractivity contribution in [3.63, 3.8) is 0 Å². The fourth-order valence-corrected chi connectivity index (χ4v) is 2.67. The summed E-state index contributed by atoms with van der Waals surface area (Å²) in [5.41, 5.74) is 2.19. The number of hydrogen-bond donors (Lipinski definition) is 1. The molecule has 1 amide bonds. The van der Waals surface area contributed by atoms with Gasteiger partial charge in [0.1, 0.15) is 0 Å². The third kappa shape index (κ3) is 3.54. The standard InChI is InChI=1S/C15H24N4O/c1-4-19(10-13-5-7-16-8-6-13)15(20)14-9-11(2)17-18-12(14)3/h9,13,16H,4-8,10H2,1-3H3. The fraction of sp³-hybridized carbons (Fsp3) is 0.667. The molecule has 1 aromatic rings. The average Bonchev–Trinajstić information content (AvgIpc) is 2.47. The third-order valence-electron chi connectivity index (χ3n) is 3.94. The number of carbonyl (C=O) groups is 1. The SMILES string of the molecule is CCN(CC1CCNCC1)C(=O)c1cc(C)nnc1C. The molecule has 110 valence electrons. The van der Waals surface area contributed by atoms with Gasteiger partial charge in [0.15, 0.2) is 0 Å². The first-order valence-corrected chi connectivity index (χ1v) is 7.42. The molecule has 1 aliphatic rings. The smallest absolute Gasteiger partial charge is 0.255 e. The van der Waals surface area contributed by atoms with Gasteiger partial charge in [-0.25, -0.2) is 0 Å². The van der Waals surface area contributed by atoms with E-state index in [-0.39, 0.29) is 5.91 Å². The monoisotopic (exact) mass is 276 g/mol. The molecule has 1 N–H and O–H groups in total. The van der Waals surface area contributed by atoms with Gasteiger partial charge in [-0.15, -0.1) is 0 Å². The summed E-state index contributed by atoms with van der Waals surface area (Å²) in [5.74, 6) is 0.692. The van der Waals surface area contributed by atoms with Gasteiger partial charge in [-0.2, -0.15) is 10.2 Å². The lowest BCUT2D eigenvalue weighted by Crippen LogP contribution is -2.39. The summed E-state index contributed by atoms with van der Waals surface area (Å²) in [4.78, 5) is 14.6. The van der Waals surface area contributed by atoms with Gasteiger partial charge in [-0.05, 0) is 58.7 Å². The molecule has 1 aromatic heterocycles. The van der Waals surface area contributed by atoms with Crippen molar-refractivity contribution in [2.24, 2.45) is 5.92 Å². The van der Waals surface area contributed by atoms with Gasteiger partial charge in [0.2, 0.25) is 0 Å². The summed E-state index contributed by atoms with van der Waals surface area (Å²) >= 11 is 0. The first-order valence-electron chi connectivity index (χ1n) is 7.42. The van der Waals surface area contributed by atoms with Crippen LogP contribution in [0, 0.1) is 19.8 Å². The minimum absolute atomic E-state index is 0.0848. The highest BCUT2D eigenvalue weighted by molar-refractivity contribution is 5.95. The van der Waals surface area contributed by atoms with E-state index in [1.54, 1.807) is 0 Å². The number of rotatable bonds is 4. The van der Waals surface area contributed by atoms with Gasteiger partial charge in [-0.3, -0.25) is 4.79 Å². The van der Waals surface area contributed by atoms with Crippen LogP contribution in [0.3, 0.4) is 0 Å². The maximum absolute atomic E-state index is 12.7. The van der Waals surface area contributed by atoms with Gasteiger partial charge < -0.3 is 10.2 Å². The average molecular weight is 276 g/mol. The number of aromatic nitrogens is 2. The Kier molecular flexibility index (Phi) is 5.06. The van der Waals surface area contributed by atoms with Crippen LogP contribution in [-0.4, -0.2) is 47.2 Å². The molecule has 5 heteroatoms. The van der Waals surface area contributed by atoms with Gasteiger partial charge in [0, 0.05) is 13.1 Å². The van der Waals surface area contributed by atoms with E-state index in [0.717, 1.165) is 44.7 Å². The van der Waals surface area contributed by atoms with E-state index in [1.165, 1.54) is 0 Å². The number of hydrogen-bond acceptors (Lipinski definition) is 4. The molecular weight excluding hydrogens is 252 g/mol. The number of piperidine rings is 1. The lowest BCUT2D eigenvalue weighted by Gasteiger charge is -2.29. The topological polar surface area (TPSA) is 58.1 Å². The molecule has 1 fully saturated rings. The lowest BCUT2D eigenvalue weighted by molar-refractivity contribution is 0.0725. The molecular formula is C15H24N4O. The van der Waals surface area contributed by atoms with Crippen molar-refractivity contribution in [3.8, 4) is 0 Å². The highest BCUT2D eigenvalue weighted by Crippen LogP contribution is 2.16. The highest BCUT2D eigenvalue weighted by Gasteiger charge is 2.22. The van der Waals surface area contributed by atoms with Crippen molar-refractivity contribution >= 4 is 5.91 Å². The molecule has 2 rings (SSSR count). The van der Waals surface area contributed by atoms with Crippen molar-refractivity contribution in [1.29, 1.82) is 0 Å². The summed E-state index contributed by atoms with van der Waals surface area (Å²) in [7, 11) is 0. The van der Waals surface area contributed by atoms with E-state index < -0.39 is 0 Å². The Labute approximate surface area is 120 Å². The van der Waals surface area contributed by atoms with Crippen LogP contribution >= 0.6 is 0 Å². The van der Waals surface area contributed by atoms with Crippen LogP contribution in [0.1, 0.15) is 41.5 Å². The Morgan fingerprint density at radius 2 is 2.05 bits per heavy atom. The quantitative estimate of drug-likeness (QED) is 0.906. The fourth-order valence-electron chi connectivity index (χ4n) is 2.67. The molecule has 2 heterocycles. The van der Waals surface area contributed by atoms with E-state index >= 15 is 0 Å². The number of aryl methyl sites for hydroxylation is 2. The first-order chi connectivity index (χ1) is 9.61. The lowest BCUT2D eigenvalue weighted by atomic mass is 9.97. The molecule has 0 saturated carbocycles. The zero-order chi connectivity index (χ0) is 14.5. The van der Waals surface area contributed by atoms with Crippen molar-refractivity contribution in [2.75, 3.05) is 26.2 Å². The van der Waals surface area contributed by atoms with E-state index in [2.05, 4.69) is 15.5 Å². The number of nitrogens with one attached hydrogen (secondary N) is 1. The van der Waals surface area contributed by atoms with Crippen molar-refractivity contribution in [1.82, 2.24) is 20.4 Å². The van der Waals surface area contributed by atoms with Crippen LogP contribution in [0.15, 0.2) is 6.07 Å². The van der Waals surface area contributed by atoms with E-state index in [1.807, 2.05) is 31.7 Å². The summed E-state index contributed by atoms with van der Waals surface area (Å²) in [6, 6.07) is 1.84. The minimum Gasteiger partial charge on any atom is -0.339 e. The Bertz CT molecular complexity index is 469. The van der Waals surface area contributed by atoms with Crippen LogP contribution in [0.25, 0.3) is 0 Å². The molecule has 20 heavy (non-hydrogen) atoms. The molecule has 0 aromatic carbocycles. The van der Waals surface area contributed by atoms with Crippen LogP contribution in [0.2, 0.25) is 0 Å². The number of amides is 1. The second kappa shape index (κ2) is 6.79. The van der Waals surface area contributed by atoms with Gasteiger partial charge in [0.05, 0.1) is 17.0 Å². The number of carbonyl (C=O) groups excluding carboxylic acids is 1. The second-order valence-corrected chi connectivity index (χ2v) is 5.52. The van der Waals surface area contributed by atoms with Crippen LogP contribution < -0.4 is 5.32 Å². The van der Waals surface area contributed by atoms with E-state index in [4.69, 9.17) is 0 Å². The normalized spacial score (nSPS) is 16.1. The van der Waals surface area contributed by atoms with Crippen molar-refractivity contribution in [2.45, 2.75) is 33.6 Å². The molecule has 0 bridgehead atoms. The van der Waals surface area contributed by atoms with E-state index in [0.29, 0.717) is 17.2 Å². The molecule has 1 saturated heterocycles. The van der Waals surface area contributed by atoms with Crippen LogP contribution in [0.4, 0.5) is 0 Å². The van der Waals surface area contributed by atoms with Crippen LogP contribution in [0.5, 0.6) is 0 Å². The maximum Gasteiger partial charge on any atom is 0.255 e. The van der Waals surface area contributed by atoms with Gasteiger partial charge in [0.25, 0.3) is 5.91 Å². The van der Waals surface area contributed by atoms with Crippen molar-refractivity contribution in [3.05, 3.63) is 23.0 Å². The summed E-state index contributed by atoms with van der Waals surface area (Å²) < 4.78 is 0. The zero-order valence-corrected chi connectivity index (χ0v) is 12.6. The zero-order valence-electron chi connectivity index (χ0n) is 12.6. The molecule has 1 aliphatic heterocycles. The summed E-state index contributed by atoms with van der Waals surface area (Å²) in [5, 5.41) is 11.4. The second-order valence-electron chi connectivity index (χ2n) is 5.52. The maximum atomic E-state index is 12.7. The molecule has 0 aliphatic carbocycles. The highest BCUT2D eigenvalue weighted by atomic mass is 16.2. The van der Waals surface area contributed by atoms with Crippen LogP contribution in [-0.2, 0) is 0 Å². The van der Waals surface area contributed by atoms with Gasteiger partial charge in [-0.1, -0.05) is 0 Å². The Morgan fingerprint density at radius 1 is 1.35 bits per heavy atom.